The summed E-state index contributed by atoms with van der Waals surface area (Å²) >= 11 is -1.03. The summed E-state index contributed by atoms with van der Waals surface area (Å²) in [5.74, 6) is -0.453. The fourth-order valence-electron chi connectivity index (χ4n) is 1.04. The third-order valence-corrected chi connectivity index (χ3v) is 2.74. The second-order valence-electron chi connectivity index (χ2n) is 2.85. The number of amides is 3. The average Bonchev–Trinajstić information content (AvgIpc) is 2.17. The van der Waals surface area contributed by atoms with Crippen molar-refractivity contribution in [2.75, 3.05) is 0 Å². The molecule has 3 N–H and O–H groups in total. The minimum absolute atomic E-state index is 0.0819. The first kappa shape index (κ1) is 11.6. The monoisotopic (exact) mass is 268 g/mol. The Hall–Kier alpha value is -1.48. The zero-order valence-corrected chi connectivity index (χ0v) is 9.64. The average molecular weight is 268 g/mol. The van der Waals surface area contributed by atoms with E-state index in [4.69, 9.17) is 5.73 Å². The Morgan fingerprint density at radius 3 is 2.33 bits per heavy atom. The van der Waals surface area contributed by atoms with E-state index in [2.05, 4.69) is 0 Å². The van der Waals surface area contributed by atoms with Gasteiger partial charge in [-0.15, -0.1) is 0 Å². The molecule has 0 radical (unpaired) electrons. The number of hydrogen-bond acceptors (Lipinski definition) is 3. The fraction of sp³-hybridized carbons (Fsp3) is 0.111. The first-order valence-corrected chi connectivity index (χ1v) is 5.84. The molecule has 3 amide bonds. The number of urea groups is 1. The van der Waals surface area contributed by atoms with E-state index in [0.717, 1.165) is 9.91 Å². The van der Waals surface area contributed by atoms with Gasteiger partial charge in [0.2, 0.25) is 0 Å². The van der Waals surface area contributed by atoms with Gasteiger partial charge in [0.25, 0.3) is 0 Å². The molecule has 0 atom stereocenters. The van der Waals surface area contributed by atoms with Gasteiger partial charge < -0.3 is 0 Å². The second kappa shape index (κ2) is 5.41. The minimum atomic E-state index is -1.03. The van der Waals surface area contributed by atoms with Crippen LogP contribution in [-0.2, 0) is 15.0 Å². The summed E-state index contributed by atoms with van der Waals surface area (Å²) in [5, 5.41) is 1.96. The van der Waals surface area contributed by atoms with Gasteiger partial charge in [0.05, 0.1) is 0 Å². The number of hydrogen-bond donors (Lipinski definition) is 2. The Kier molecular flexibility index (Phi) is 4.18. The molecule has 0 saturated heterocycles. The molecular formula is C9H9AsN2O3. The molecule has 6 heteroatoms. The van der Waals surface area contributed by atoms with E-state index in [1.54, 1.807) is 24.3 Å². The Bertz CT molecular complexity index is 389. The molecule has 0 aliphatic carbocycles. The summed E-state index contributed by atoms with van der Waals surface area (Å²) in [5.41, 5.74) is 5.53. The van der Waals surface area contributed by atoms with Crippen molar-refractivity contribution in [2.24, 2.45) is 5.73 Å². The first-order chi connectivity index (χ1) is 7.11. The van der Waals surface area contributed by atoms with Crippen LogP contribution in [0.15, 0.2) is 24.3 Å². The number of imide groups is 1. The van der Waals surface area contributed by atoms with E-state index in [1.807, 2.05) is 5.32 Å². The van der Waals surface area contributed by atoms with Crippen LogP contribution >= 0.6 is 0 Å². The SMILES string of the molecule is NC(=O)NC(=O)Cc1ccc([As]=O)cc1. The second-order valence-corrected chi connectivity index (χ2v) is 4.31. The molecule has 0 unspecified atom stereocenters. The molecule has 0 aliphatic rings. The van der Waals surface area contributed by atoms with Crippen molar-refractivity contribution >= 4 is 32.0 Å². The van der Waals surface area contributed by atoms with Gasteiger partial charge in [0.15, 0.2) is 0 Å². The third-order valence-electron chi connectivity index (χ3n) is 1.67. The summed E-state index contributed by atoms with van der Waals surface area (Å²) in [4.78, 5) is 21.5. The van der Waals surface area contributed by atoms with Crippen molar-refractivity contribution in [3.8, 4) is 0 Å². The molecule has 0 bridgehead atoms. The summed E-state index contributed by atoms with van der Waals surface area (Å²) in [6.45, 7) is 0. The number of benzene rings is 1. The van der Waals surface area contributed by atoms with Crippen LogP contribution in [0.25, 0.3) is 0 Å². The van der Waals surface area contributed by atoms with Gasteiger partial charge in [0, 0.05) is 0 Å². The number of carbonyl (C=O) groups excluding carboxylic acids is 2. The summed E-state index contributed by atoms with van der Waals surface area (Å²) < 4.78 is 11.3. The van der Waals surface area contributed by atoms with Gasteiger partial charge in [-0.3, -0.25) is 0 Å². The van der Waals surface area contributed by atoms with Gasteiger partial charge in [-0.05, 0) is 0 Å². The standard InChI is InChI=1S/C9H9AsN2O3/c11-9(14)12-8(13)5-6-1-3-7(10-15)4-2-6/h1-4H,5H2,(H3,11,12,13,14). The van der Waals surface area contributed by atoms with Crippen molar-refractivity contribution in [3.05, 3.63) is 29.8 Å². The topological polar surface area (TPSA) is 89.3 Å². The molecule has 0 saturated carbocycles. The number of nitrogens with one attached hydrogen (secondary N) is 1. The van der Waals surface area contributed by atoms with Gasteiger partial charge in [0.1, 0.15) is 0 Å². The van der Waals surface area contributed by atoms with Crippen LogP contribution in [0.3, 0.4) is 0 Å². The molecular weight excluding hydrogens is 259 g/mol. The van der Waals surface area contributed by atoms with Gasteiger partial charge >= 0.3 is 92.6 Å². The predicted octanol–water partition coefficient (Wildman–Crippen LogP) is -0.901. The quantitative estimate of drug-likeness (QED) is 0.696. The zero-order chi connectivity index (χ0) is 11.3. The predicted molar refractivity (Wildman–Crippen MR) is 53.9 cm³/mol. The van der Waals surface area contributed by atoms with Crippen molar-refractivity contribution in [1.82, 2.24) is 5.32 Å². The molecule has 0 fully saturated rings. The normalized spacial score (nSPS) is 9.87. The molecule has 1 aromatic carbocycles. The molecule has 78 valence electrons. The first-order valence-electron chi connectivity index (χ1n) is 4.13. The van der Waals surface area contributed by atoms with E-state index in [9.17, 15) is 13.3 Å². The van der Waals surface area contributed by atoms with Gasteiger partial charge in [-0.25, -0.2) is 0 Å². The number of rotatable bonds is 3. The summed E-state index contributed by atoms with van der Waals surface area (Å²) in [7, 11) is 0. The number of nitrogens with two attached hydrogens (primary N) is 1. The molecule has 1 rings (SSSR count). The Morgan fingerprint density at radius 1 is 1.27 bits per heavy atom. The van der Waals surface area contributed by atoms with E-state index < -0.39 is 27.6 Å². The maximum absolute atomic E-state index is 11.1. The van der Waals surface area contributed by atoms with Crippen LogP contribution in [0.2, 0.25) is 0 Å². The fourth-order valence-corrected chi connectivity index (χ4v) is 1.61. The van der Waals surface area contributed by atoms with Crippen LogP contribution < -0.4 is 15.4 Å². The Labute approximate surface area is 92.9 Å². The van der Waals surface area contributed by atoms with Gasteiger partial charge in [-0.1, -0.05) is 0 Å². The molecule has 0 aromatic heterocycles. The summed E-state index contributed by atoms with van der Waals surface area (Å²) in [6, 6.07) is 5.92. The van der Waals surface area contributed by atoms with Crippen molar-refractivity contribution in [2.45, 2.75) is 6.42 Å². The summed E-state index contributed by atoms with van der Waals surface area (Å²) in [6.07, 6.45) is 0.0819. The van der Waals surface area contributed by atoms with E-state index >= 15 is 0 Å². The molecule has 0 aliphatic heterocycles. The van der Waals surface area contributed by atoms with Crippen molar-refractivity contribution in [3.63, 3.8) is 0 Å². The van der Waals surface area contributed by atoms with Crippen LogP contribution in [0.1, 0.15) is 5.56 Å². The van der Waals surface area contributed by atoms with Crippen LogP contribution in [0.5, 0.6) is 0 Å². The van der Waals surface area contributed by atoms with E-state index in [0.29, 0.717) is 0 Å². The van der Waals surface area contributed by atoms with Gasteiger partial charge in [-0.2, -0.15) is 0 Å². The number of primary amides is 1. The molecule has 5 nitrogen and oxygen atoms in total. The van der Waals surface area contributed by atoms with Crippen LogP contribution in [0, 0.1) is 0 Å². The zero-order valence-electron chi connectivity index (χ0n) is 7.77. The third kappa shape index (κ3) is 4.04. The Balaban J connectivity index is 2.61. The van der Waals surface area contributed by atoms with Crippen LogP contribution in [-0.4, -0.2) is 27.6 Å². The van der Waals surface area contributed by atoms with Crippen molar-refractivity contribution < 1.29 is 13.3 Å². The van der Waals surface area contributed by atoms with Crippen LogP contribution in [0.4, 0.5) is 4.79 Å². The molecule has 15 heavy (non-hydrogen) atoms. The van der Waals surface area contributed by atoms with Crippen molar-refractivity contribution in [1.29, 1.82) is 0 Å². The maximum atomic E-state index is 11.1. The molecule has 1 aromatic rings. The Morgan fingerprint density at radius 2 is 1.87 bits per heavy atom. The van der Waals surface area contributed by atoms with E-state index in [1.165, 1.54) is 0 Å². The van der Waals surface area contributed by atoms with E-state index in [-0.39, 0.29) is 6.42 Å². The molecule has 0 spiro atoms. The molecule has 0 heterocycles. The number of carbonyl (C=O) groups is 2.